The van der Waals surface area contributed by atoms with E-state index in [0.29, 0.717) is 12.2 Å². The molecule has 26 heavy (non-hydrogen) atoms. The van der Waals surface area contributed by atoms with Crippen LogP contribution < -0.4 is 5.32 Å². The van der Waals surface area contributed by atoms with Crippen LogP contribution in [0.4, 0.5) is 10.5 Å². The molecule has 0 radical (unpaired) electrons. The van der Waals surface area contributed by atoms with Crippen LogP contribution in [-0.4, -0.2) is 52.6 Å². The second-order valence-corrected chi connectivity index (χ2v) is 7.02. The molecule has 1 fully saturated rings. The fourth-order valence-electron chi connectivity index (χ4n) is 2.43. The number of pyridine rings is 1. The Labute approximate surface area is 152 Å². The standard InChI is InChI=1S/C18H25N3O5/c1-5-25-16(23)14-7-6-12(11-19-14)20-15(22)10-13-8-9-21(13)17(24)26-18(2,3)4/h6-7,11,13H,5,8-10H2,1-4H3,(H,20,22). The lowest BCUT2D eigenvalue weighted by Crippen LogP contribution is -2.53. The summed E-state index contributed by atoms with van der Waals surface area (Å²) in [6.45, 7) is 7.99. The smallest absolute Gasteiger partial charge is 0.410 e. The molecule has 0 aliphatic carbocycles. The predicted molar refractivity (Wildman–Crippen MR) is 94.8 cm³/mol. The molecule has 0 aromatic carbocycles. The third kappa shape index (κ3) is 5.44. The number of hydrogen-bond acceptors (Lipinski definition) is 6. The Morgan fingerprint density at radius 3 is 2.54 bits per heavy atom. The first-order chi connectivity index (χ1) is 12.2. The molecule has 2 heterocycles. The van der Waals surface area contributed by atoms with E-state index in [1.165, 1.54) is 12.3 Å². The molecule has 142 valence electrons. The Bertz CT molecular complexity index is 666. The molecule has 1 aromatic rings. The van der Waals surface area contributed by atoms with Crippen LogP contribution in [0.1, 0.15) is 51.0 Å². The van der Waals surface area contributed by atoms with Crippen molar-refractivity contribution in [2.45, 2.75) is 52.2 Å². The minimum absolute atomic E-state index is 0.170. The van der Waals surface area contributed by atoms with Crippen LogP contribution >= 0.6 is 0 Å². The van der Waals surface area contributed by atoms with Crippen LogP contribution in [0.5, 0.6) is 0 Å². The van der Waals surface area contributed by atoms with Crippen molar-refractivity contribution in [3.8, 4) is 0 Å². The second-order valence-electron chi connectivity index (χ2n) is 7.02. The van der Waals surface area contributed by atoms with Crippen molar-refractivity contribution in [2.24, 2.45) is 0 Å². The van der Waals surface area contributed by atoms with Crippen molar-refractivity contribution in [2.75, 3.05) is 18.5 Å². The highest BCUT2D eigenvalue weighted by Gasteiger charge is 2.36. The molecule has 1 N–H and O–H groups in total. The Morgan fingerprint density at radius 2 is 2.04 bits per heavy atom. The average Bonchev–Trinajstić information content (AvgIpc) is 2.50. The molecule has 0 saturated carbocycles. The monoisotopic (exact) mass is 363 g/mol. The highest BCUT2D eigenvalue weighted by molar-refractivity contribution is 5.92. The average molecular weight is 363 g/mol. The molecule has 0 bridgehead atoms. The summed E-state index contributed by atoms with van der Waals surface area (Å²) in [5, 5.41) is 2.71. The molecule has 1 aliphatic rings. The number of anilines is 1. The van der Waals surface area contributed by atoms with Crippen LogP contribution in [0.15, 0.2) is 18.3 Å². The molecule has 1 unspecified atom stereocenters. The second kappa shape index (κ2) is 8.16. The molecular formula is C18H25N3O5. The van der Waals surface area contributed by atoms with Gasteiger partial charge in [0.15, 0.2) is 0 Å². The molecule has 1 saturated heterocycles. The van der Waals surface area contributed by atoms with E-state index in [4.69, 9.17) is 9.47 Å². The number of likely N-dealkylation sites (tertiary alicyclic amines) is 1. The molecule has 1 aromatic heterocycles. The van der Waals surface area contributed by atoms with Crippen LogP contribution in [0.3, 0.4) is 0 Å². The summed E-state index contributed by atoms with van der Waals surface area (Å²) in [5.74, 6) is -0.734. The van der Waals surface area contributed by atoms with E-state index in [1.54, 1.807) is 38.7 Å². The predicted octanol–water partition coefficient (Wildman–Crippen LogP) is 2.60. The summed E-state index contributed by atoms with van der Waals surface area (Å²) in [6, 6.07) is 2.91. The lowest BCUT2D eigenvalue weighted by Gasteiger charge is -2.41. The van der Waals surface area contributed by atoms with Crippen molar-refractivity contribution < 1.29 is 23.9 Å². The van der Waals surface area contributed by atoms with E-state index >= 15 is 0 Å². The van der Waals surface area contributed by atoms with Crippen molar-refractivity contribution in [1.29, 1.82) is 0 Å². The number of carbonyl (C=O) groups is 3. The lowest BCUT2D eigenvalue weighted by molar-refractivity contribution is -0.118. The van der Waals surface area contributed by atoms with Gasteiger partial charge in [-0.3, -0.25) is 4.79 Å². The maximum absolute atomic E-state index is 12.2. The fourth-order valence-corrected chi connectivity index (χ4v) is 2.43. The number of carbonyl (C=O) groups excluding carboxylic acids is 3. The summed E-state index contributed by atoms with van der Waals surface area (Å²) >= 11 is 0. The lowest BCUT2D eigenvalue weighted by atomic mass is 10.00. The maximum Gasteiger partial charge on any atom is 0.410 e. The van der Waals surface area contributed by atoms with Gasteiger partial charge in [0, 0.05) is 19.0 Å². The Morgan fingerprint density at radius 1 is 1.31 bits per heavy atom. The van der Waals surface area contributed by atoms with Gasteiger partial charge in [-0.2, -0.15) is 0 Å². The van der Waals surface area contributed by atoms with Gasteiger partial charge in [-0.05, 0) is 46.2 Å². The van der Waals surface area contributed by atoms with Crippen LogP contribution in [0, 0.1) is 0 Å². The molecule has 0 spiro atoms. The van der Waals surface area contributed by atoms with Crippen molar-refractivity contribution in [1.82, 2.24) is 9.88 Å². The number of hydrogen-bond donors (Lipinski definition) is 1. The van der Waals surface area contributed by atoms with E-state index < -0.39 is 17.7 Å². The van der Waals surface area contributed by atoms with Gasteiger partial charge in [-0.1, -0.05) is 0 Å². The molecule has 1 atom stereocenters. The van der Waals surface area contributed by atoms with Crippen molar-refractivity contribution in [3.63, 3.8) is 0 Å². The number of nitrogens with zero attached hydrogens (tertiary/aromatic N) is 2. The zero-order valence-electron chi connectivity index (χ0n) is 15.6. The van der Waals surface area contributed by atoms with Crippen molar-refractivity contribution in [3.05, 3.63) is 24.0 Å². The fraction of sp³-hybridized carbons (Fsp3) is 0.556. The van der Waals surface area contributed by atoms with E-state index in [2.05, 4.69) is 10.3 Å². The van der Waals surface area contributed by atoms with Gasteiger partial charge in [-0.15, -0.1) is 0 Å². The quantitative estimate of drug-likeness (QED) is 0.808. The maximum atomic E-state index is 12.2. The highest BCUT2D eigenvalue weighted by atomic mass is 16.6. The summed E-state index contributed by atoms with van der Waals surface area (Å²) in [6.07, 6.45) is 1.93. The van der Waals surface area contributed by atoms with Gasteiger partial charge in [0.25, 0.3) is 0 Å². The number of rotatable bonds is 5. The first-order valence-corrected chi connectivity index (χ1v) is 8.62. The zero-order chi connectivity index (χ0) is 19.3. The van der Waals surface area contributed by atoms with Crippen LogP contribution in [0.2, 0.25) is 0 Å². The van der Waals surface area contributed by atoms with E-state index in [1.807, 2.05) is 0 Å². The summed E-state index contributed by atoms with van der Waals surface area (Å²) in [5.41, 5.74) is 0.0948. The SMILES string of the molecule is CCOC(=O)c1ccc(NC(=O)CC2CCN2C(=O)OC(C)(C)C)cn1. The van der Waals surface area contributed by atoms with Gasteiger partial charge >= 0.3 is 12.1 Å². The first kappa shape index (κ1) is 19.7. The number of ether oxygens (including phenoxy) is 2. The minimum Gasteiger partial charge on any atom is -0.461 e. The highest BCUT2D eigenvalue weighted by Crippen LogP contribution is 2.24. The van der Waals surface area contributed by atoms with Crippen LogP contribution in [-0.2, 0) is 14.3 Å². The van der Waals surface area contributed by atoms with Gasteiger partial charge in [0.05, 0.1) is 18.5 Å². The van der Waals surface area contributed by atoms with Crippen LogP contribution in [0.25, 0.3) is 0 Å². The van der Waals surface area contributed by atoms with Gasteiger partial charge < -0.3 is 19.7 Å². The van der Waals surface area contributed by atoms with Gasteiger partial charge in [0.2, 0.25) is 5.91 Å². The third-order valence-electron chi connectivity index (χ3n) is 3.72. The Kier molecular flexibility index (Phi) is 6.18. The molecule has 2 rings (SSSR count). The minimum atomic E-state index is -0.564. The largest absolute Gasteiger partial charge is 0.461 e. The molecular weight excluding hydrogens is 338 g/mol. The zero-order valence-corrected chi connectivity index (χ0v) is 15.6. The molecule has 8 heteroatoms. The molecule has 2 amide bonds. The topological polar surface area (TPSA) is 97.8 Å². The van der Waals surface area contributed by atoms with Gasteiger partial charge in [0.1, 0.15) is 11.3 Å². The van der Waals surface area contributed by atoms with E-state index in [0.717, 1.165) is 6.42 Å². The summed E-state index contributed by atoms with van der Waals surface area (Å²) in [4.78, 5) is 41.3. The van der Waals surface area contributed by atoms with E-state index in [9.17, 15) is 14.4 Å². The third-order valence-corrected chi connectivity index (χ3v) is 3.72. The summed E-state index contributed by atoms with van der Waals surface area (Å²) in [7, 11) is 0. The Hall–Kier alpha value is -2.64. The number of esters is 1. The molecule has 1 aliphatic heterocycles. The van der Waals surface area contributed by atoms with E-state index in [-0.39, 0.29) is 30.7 Å². The van der Waals surface area contributed by atoms with Crippen molar-refractivity contribution >= 4 is 23.7 Å². The number of nitrogens with one attached hydrogen (secondary N) is 1. The molecule has 8 nitrogen and oxygen atoms in total. The first-order valence-electron chi connectivity index (χ1n) is 8.62. The number of amides is 2. The van der Waals surface area contributed by atoms with Gasteiger partial charge in [-0.25, -0.2) is 14.6 Å². The number of aromatic nitrogens is 1. The summed E-state index contributed by atoms with van der Waals surface area (Å²) < 4.78 is 10.2. The Balaban J connectivity index is 1.85. The normalized spacial score (nSPS) is 16.5.